The second-order valence-corrected chi connectivity index (χ2v) is 6.87. The quantitative estimate of drug-likeness (QED) is 0.885. The van der Waals surface area contributed by atoms with E-state index in [1.165, 1.54) is 29.7 Å². The molecule has 1 nitrogen and oxygen atoms in total. The predicted molar refractivity (Wildman–Crippen MR) is 77.6 cm³/mol. The summed E-state index contributed by atoms with van der Waals surface area (Å²) < 4.78 is 0.295. The standard InChI is InChI=1S/C15H23NS/c1-3-12-5-7-13(8-6-12)11-14(16)15(2)9-4-10-17-15/h5-8,14H,3-4,9-11,16H2,1-2H3. The highest BCUT2D eigenvalue weighted by Crippen LogP contribution is 2.40. The van der Waals surface area contributed by atoms with E-state index in [1.807, 2.05) is 0 Å². The highest BCUT2D eigenvalue weighted by atomic mass is 32.2. The summed E-state index contributed by atoms with van der Waals surface area (Å²) in [6.45, 7) is 4.52. The fraction of sp³-hybridized carbons (Fsp3) is 0.600. The first-order valence-electron chi connectivity index (χ1n) is 6.61. The van der Waals surface area contributed by atoms with Gasteiger partial charge in [-0.1, -0.05) is 31.2 Å². The van der Waals surface area contributed by atoms with Gasteiger partial charge >= 0.3 is 0 Å². The number of nitrogens with two attached hydrogens (primary N) is 1. The molecule has 2 atom stereocenters. The first-order valence-corrected chi connectivity index (χ1v) is 7.60. The fourth-order valence-electron chi connectivity index (χ4n) is 2.47. The molecule has 0 aliphatic carbocycles. The second kappa shape index (κ2) is 5.45. The van der Waals surface area contributed by atoms with Crippen LogP contribution in [0.3, 0.4) is 0 Å². The van der Waals surface area contributed by atoms with Crippen LogP contribution in [0, 0.1) is 0 Å². The molecular weight excluding hydrogens is 226 g/mol. The molecule has 1 aliphatic rings. The summed E-state index contributed by atoms with van der Waals surface area (Å²) in [7, 11) is 0. The molecule has 0 saturated carbocycles. The highest BCUT2D eigenvalue weighted by Gasteiger charge is 2.35. The molecule has 1 fully saturated rings. The molecule has 0 amide bonds. The van der Waals surface area contributed by atoms with Crippen LogP contribution in [0.25, 0.3) is 0 Å². The average Bonchev–Trinajstić information content (AvgIpc) is 2.78. The molecule has 2 N–H and O–H groups in total. The molecule has 1 saturated heterocycles. The molecule has 94 valence electrons. The third-order valence-electron chi connectivity index (χ3n) is 3.92. The Morgan fingerprint density at radius 3 is 2.47 bits per heavy atom. The molecule has 1 aromatic rings. The Morgan fingerprint density at radius 1 is 1.29 bits per heavy atom. The summed E-state index contributed by atoms with van der Waals surface area (Å²) in [6, 6.07) is 9.21. The molecule has 0 aromatic heterocycles. The number of hydrogen-bond donors (Lipinski definition) is 1. The third-order valence-corrected chi connectivity index (χ3v) is 5.58. The Bertz CT molecular complexity index is 352. The van der Waals surface area contributed by atoms with Crippen molar-refractivity contribution in [3.63, 3.8) is 0 Å². The molecule has 17 heavy (non-hydrogen) atoms. The lowest BCUT2D eigenvalue weighted by Gasteiger charge is -2.30. The van der Waals surface area contributed by atoms with E-state index in [9.17, 15) is 0 Å². The molecule has 1 heterocycles. The maximum absolute atomic E-state index is 6.39. The first kappa shape index (κ1) is 13.0. The van der Waals surface area contributed by atoms with Crippen LogP contribution in [-0.2, 0) is 12.8 Å². The lowest BCUT2D eigenvalue weighted by molar-refractivity contribution is 0.482. The van der Waals surface area contributed by atoms with Gasteiger partial charge in [0.1, 0.15) is 0 Å². The van der Waals surface area contributed by atoms with E-state index in [4.69, 9.17) is 5.73 Å². The minimum atomic E-state index is 0.280. The molecule has 1 aromatic carbocycles. The van der Waals surface area contributed by atoms with E-state index < -0.39 is 0 Å². The molecule has 0 bridgehead atoms. The van der Waals surface area contributed by atoms with Crippen LogP contribution in [0.5, 0.6) is 0 Å². The van der Waals surface area contributed by atoms with Crippen molar-refractivity contribution in [2.24, 2.45) is 5.73 Å². The van der Waals surface area contributed by atoms with Gasteiger partial charge in [-0.05, 0) is 49.5 Å². The smallest absolute Gasteiger partial charge is 0.0286 e. The Morgan fingerprint density at radius 2 is 1.94 bits per heavy atom. The van der Waals surface area contributed by atoms with E-state index >= 15 is 0 Å². The van der Waals surface area contributed by atoms with Crippen molar-refractivity contribution >= 4 is 11.8 Å². The van der Waals surface area contributed by atoms with Crippen molar-refractivity contribution < 1.29 is 0 Å². The van der Waals surface area contributed by atoms with Crippen molar-refractivity contribution in [3.05, 3.63) is 35.4 Å². The van der Waals surface area contributed by atoms with E-state index in [-0.39, 0.29) is 6.04 Å². The summed E-state index contributed by atoms with van der Waals surface area (Å²) in [5.74, 6) is 1.28. The van der Waals surface area contributed by atoms with E-state index in [2.05, 4.69) is 49.9 Å². The first-order chi connectivity index (χ1) is 8.14. The lowest BCUT2D eigenvalue weighted by Crippen LogP contribution is -2.42. The van der Waals surface area contributed by atoms with E-state index in [0.29, 0.717) is 4.75 Å². The second-order valence-electron chi connectivity index (χ2n) is 5.25. The zero-order valence-corrected chi connectivity index (χ0v) is 11.7. The molecule has 1 aliphatic heterocycles. The van der Waals surface area contributed by atoms with Crippen LogP contribution in [0.1, 0.15) is 37.8 Å². The summed E-state index contributed by atoms with van der Waals surface area (Å²) in [6.07, 6.45) is 4.71. The van der Waals surface area contributed by atoms with Crippen molar-refractivity contribution in [1.82, 2.24) is 0 Å². The minimum Gasteiger partial charge on any atom is -0.326 e. The Balaban J connectivity index is 1.99. The topological polar surface area (TPSA) is 26.0 Å². The van der Waals surface area contributed by atoms with Crippen molar-refractivity contribution in [2.75, 3.05) is 5.75 Å². The molecule has 2 heteroatoms. The molecular formula is C15H23NS. The summed E-state index contributed by atoms with van der Waals surface area (Å²) in [5, 5.41) is 0. The zero-order chi connectivity index (χ0) is 12.3. The van der Waals surface area contributed by atoms with Crippen LogP contribution in [0.4, 0.5) is 0 Å². The van der Waals surface area contributed by atoms with Crippen LogP contribution in [0.2, 0.25) is 0 Å². The SMILES string of the molecule is CCc1ccc(CC(N)C2(C)CCCS2)cc1. The Kier molecular flexibility index (Phi) is 4.16. The van der Waals surface area contributed by atoms with Gasteiger partial charge in [0.15, 0.2) is 0 Å². The summed E-state index contributed by atoms with van der Waals surface area (Å²) in [5.41, 5.74) is 9.18. The Labute approximate surface area is 109 Å². The van der Waals surface area contributed by atoms with Gasteiger partial charge in [0.25, 0.3) is 0 Å². The fourth-order valence-corrected chi connectivity index (χ4v) is 3.82. The molecule has 0 spiro atoms. The van der Waals surface area contributed by atoms with Gasteiger partial charge in [-0.3, -0.25) is 0 Å². The Hall–Kier alpha value is -0.470. The number of thioether (sulfide) groups is 1. The molecule has 0 radical (unpaired) electrons. The van der Waals surface area contributed by atoms with Crippen LogP contribution >= 0.6 is 11.8 Å². The maximum Gasteiger partial charge on any atom is 0.0286 e. The van der Waals surface area contributed by atoms with Gasteiger partial charge in [0, 0.05) is 10.8 Å². The van der Waals surface area contributed by atoms with E-state index in [0.717, 1.165) is 12.8 Å². The van der Waals surface area contributed by atoms with Gasteiger partial charge in [-0.15, -0.1) is 0 Å². The average molecular weight is 249 g/mol. The minimum absolute atomic E-state index is 0.280. The van der Waals surface area contributed by atoms with Gasteiger partial charge < -0.3 is 5.73 Å². The van der Waals surface area contributed by atoms with Crippen molar-refractivity contribution in [1.29, 1.82) is 0 Å². The predicted octanol–water partition coefficient (Wildman–Crippen LogP) is 3.40. The number of rotatable bonds is 4. The van der Waals surface area contributed by atoms with Gasteiger partial charge in [-0.25, -0.2) is 0 Å². The van der Waals surface area contributed by atoms with Crippen LogP contribution < -0.4 is 5.73 Å². The molecule has 2 rings (SSSR count). The van der Waals surface area contributed by atoms with Gasteiger partial charge in [0.2, 0.25) is 0 Å². The zero-order valence-electron chi connectivity index (χ0n) is 10.9. The lowest BCUT2D eigenvalue weighted by atomic mass is 9.91. The summed E-state index contributed by atoms with van der Waals surface area (Å²) in [4.78, 5) is 0. The highest BCUT2D eigenvalue weighted by molar-refractivity contribution is 8.00. The number of hydrogen-bond acceptors (Lipinski definition) is 2. The monoisotopic (exact) mass is 249 g/mol. The van der Waals surface area contributed by atoms with Crippen molar-refractivity contribution in [2.45, 2.75) is 50.3 Å². The molecule has 2 unspecified atom stereocenters. The summed E-state index contributed by atoms with van der Waals surface area (Å²) >= 11 is 2.05. The maximum atomic E-state index is 6.39. The number of aryl methyl sites for hydroxylation is 1. The largest absolute Gasteiger partial charge is 0.326 e. The van der Waals surface area contributed by atoms with E-state index in [1.54, 1.807) is 0 Å². The van der Waals surface area contributed by atoms with Crippen LogP contribution in [-0.4, -0.2) is 16.5 Å². The number of benzene rings is 1. The van der Waals surface area contributed by atoms with Crippen LogP contribution in [0.15, 0.2) is 24.3 Å². The third kappa shape index (κ3) is 3.05. The van der Waals surface area contributed by atoms with Gasteiger partial charge in [-0.2, -0.15) is 11.8 Å². The van der Waals surface area contributed by atoms with Gasteiger partial charge in [0.05, 0.1) is 0 Å². The van der Waals surface area contributed by atoms with Crippen molar-refractivity contribution in [3.8, 4) is 0 Å². The normalized spacial score (nSPS) is 26.1.